The third-order valence-corrected chi connectivity index (χ3v) is 13.7. The monoisotopic (exact) mass is 802 g/mol. The number of aliphatic hydroxyl groups is 5. The normalized spacial score (nSPS) is 30.6. The van der Waals surface area contributed by atoms with E-state index in [1.165, 1.54) is 5.57 Å². The number of fused-ring (bicyclic) bond motifs is 1. The van der Waals surface area contributed by atoms with Gasteiger partial charge in [-0.15, -0.1) is 0 Å². The number of benzene rings is 1. The topological polar surface area (TPSA) is 185 Å². The highest BCUT2D eigenvalue weighted by Gasteiger charge is 2.64. The number of rotatable bonds is 17. The number of aliphatic hydroxyl groups excluding tert-OH is 4. The van der Waals surface area contributed by atoms with Crippen LogP contribution < -0.4 is 16.4 Å². The molecule has 10 nitrogen and oxygen atoms in total. The summed E-state index contributed by atoms with van der Waals surface area (Å²) >= 11 is 0. The van der Waals surface area contributed by atoms with Crippen LogP contribution in [-0.2, 0) is 16.0 Å². The molecule has 320 valence electrons. The molecule has 1 spiro atoms. The highest BCUT2D eigenvalue weighted by molar-refractivity contribution is 5.99. The molecule has 3 aliphatic carbocycles. The van der Waals surface area contributed by atoms with Gasteiger partial charge in [0.05, 0.1) is 24.4 Å². The maximum Gasteiger partial charge on any atom is 0.243 e. The van der Waals surface area contributed by atoms with Crippen LogP contribution in [0.2, 0.25) is 0 Å². The van der Waals surface area contributed by atoms with Gasteiger partial charge in [0.25, 0.3) is 0 Å². The van der Waals surface area contributed by atoms with Crippen LogP contribution >= 0.6 is 0 Å². The zero-order valence-electron chi connectivity index (χ0n) is 35.4. The summed E-state index contributed by atoms with van der Waals surface area (Å²) in [7, 11) is 0. The molecule has 5 rings (SSSR count). The van der Waals surface area contributed by atoms with Gasteiger partial charge < -0.3 is 36.6 Å². The number of nitrogens with one attached hydrogen (secondary N) is 2. The lowest BCUT2D eigenvalue weighted by Crippen LogP contribution is -2.59. The Labute approximate surface area is 346 Å². The predicted octanol–water partition coefficient (Wildman–Crippen LogP) is 6.24. The molecule has 8 atom stereocenters. The lowest BCUT2D eigenvalue weighted by Gasteiger charge is -2.56. The molecular weight excluding hydrogens is 731 g/mol. The van der Waals surface area contributed by atoms with Crippen molar-refractivity contribution in [1.82, 2.24) is 10.6 Å². The first-order valence-corrected chi connectivity index (χ1v) is 21.8. The Morgan fingerprint density at radius 3 is 2.55 bits per heavy atom. The molecule has 3 saturated carbocycles. The van der Waals surface area contributed by atoms with Gasteiger partial charge >= 0.3 is 0 Å². The summed E-state index contributed by atoms with van der Waals surface area (Å²) in [6.45, 7) is 11.7. The van der Waals surface area contributed by atoms with E-state index in [0.717, 1.165) is 67.2 Å². The predicted molar refractivity (Wildman–Crippen MR) is 229 cm³/mol. The lowest BCUT2D eigenvalue weighted by atomic mass is 9.52. The molecule has 0 aromatic heterocycles. The Morgan fingerprint density at radius 1 is 1.14 bits per heavy atom. The molecule has 1 aromatic carbocycles. The molecule has 4 aliphatic rings. The van der Waals surface area contributed by atoms with Gasteiger partial charge in [0.2, 0.25) is 5.91 Å². The van der Waals surface area contributed by atoms with E-state index >= 15 is 4.79 Å². The Morgan fingerprint density at radius 2 is 1.88 bits per heavy atom. The number of nitrogens with two attached hydrogens (primary N) is 1. The molecule has 0 unspecified atom stereocenters. The number of Topliss-reactive ketones (excluding diaryl/α,β-unsaturated/α-hetero) is 1. The number of allylic oxidation sites excluding steroid dienone is 8. The maximum absolute atomic E-state index is 15.2. The average Bonchev–Trinajstić information content (AvgIpc) is 3.52. The smallest absolute Gasteiger partial charge is 0.243 e. The Balaban J connectivity index is 1.56. The second kappa shape index (κ2) is 20.4. The fourth-order valence-electron chi connectivity index (χ4n) is 10.8. The van der Waals surface area contributed by atoms with Crippen molar-refractivity contribution in [3.8, 4) is 0 Å². The van der Waals surface area contributed by atoms with Crippen molar-refractivity contribution in [2.75, 3.05) is 19.8 Å². The highest BCUT2D eigenvalue weighted by atomic mass is 16.3. The molecule has 1 heterocycles. The number of hydrogen-bond donors (Lipinski definition) is 8. The molecule has 10 heteroatoms. The molecule has 0 saturated heterocycles. The molecule has 0 radical (unpaired) electrons. The van der Waals surface area contributed by atoms with Gasteiger partial charge in [0.1, 0.15) is 12.2 Å². The number of ketones is 1. The molecule has 3 fully saturated rings. The van der Waals surface area contributed by atoms with Crippen molar-refractivity contribution in [3.63, 3.8) is 0 Å². The molecule has 9 N–H and O–H groups in total. The summed E-state index contributed by atoms with van der Waals surface area (Å²) < 4.78 is 0. The Hall–Kier alpha value is -3.22. The van der Waals surface area contributed by atoms with E-state index < -0.39 is 41.3 Å². The van der Waals surface area contributed by atoms with Gasteiger partial charge in [-0.1, -0.05) is 85.1 Å². The van der Waals surface area contributed by atoms with E-state index in [2.05, 4.69) is 37.1 Å². The summed E-state index contributed by atoms with van der Waals surface area (Å²) in [5.74, 6) is -1.10. The second-order valence-electron chi connectivity index (χ2n) is 18.0. The van der Waals surface area contributed by atoms with E-state index in [1.54, 1.807) is 6.92 Å². The minimum Gasteiger partial charge on any atom is -0.396 e. The van der Waals surface area contributed by atoms with Crippen molar-refractivity contribution in [2.24, 2.45) is 28.9 Å². The van der Waals surface area contributed by atoms with E-state index in [0.29, 0.717) is 55.2 Å². The van der Waals surface area contributed by atoms with E-state index in [-0.39, 0.29) is 49.7 Å². The van der Waals surface area contributed by atoms with Crippen molar-refractivity contribution in [3.05, 3.63) is 93.6 Å². The molecule has 0 bridgehead atoms. The van der Waals surface area contributed by atoms with E-state index in [9.17, 15) is 30.3 Å². The third-order valence-electron chi connectivity index (χ3n) is 13.7. The van der Waals surface area contributed by atoms with E-state index in [4.69, 9.17) is 5.73 Å². The number of carbonyl (C=O) groups excluding carboxylic acids is 2. The zero-order valence-corrected chi connectivity index (χ0v) is 35.4. The van der Waals surface area contributed by atoms with Gasteiger partial charge in [-0.05, 0) is 132 Å². The largest absolute Gasteiger partial charge is 0.396 e. The fourth-order valence-corrected chi connectivity index (χ4v) is 10.8. The Kier molecular flexibility index (Phi) is 16.1. The van der Waals surface area contributed by atoms with Crippen LogP contribution in [-0.4, -0.2) is 74.8 Å². The first-order chi connectivity index (χ1) is 27.7. The maximum atomic E-state index is 15.2. The minimum absolute atomic E-state index is 0.0134. The van der Waals surface area contributed by atoms with Gasteiger partial charge in [-0.3, -0.25) is 14.9 Å². The minimum atomic E-state index is -1.27. The standard InChI is InChI=1S/C48H71N3O7/c1-30(2)13-9-14-31(3)15-10-19-35(29-53)36-23-25-48(44(36)56)39(21-12-26-52)37(22-24-47(48,5)58)41(33-16-7-6-8-17-33)40(55)27-34-18-11-20-38-42(34)43(50-28-32(4)54)46(57)51-45(38)49/h10-11,13,15,18-20,32-33,36,39,43-45,50,52-54,56,58H,3,6-9,12,14,16-17,21-29,49H2,1-2,4-5H3,(H,51,57)/t32-,36+,39+,43+,44+,45+,47+,48+/m0/s1. The van der Waals surface area contributed by atoms with Crippen LogP contribution in [0.25, 0.3) is 0 Å². The van der Waals surface area contributed by atoms with Crippen LogP contribution in [0.1, 0.15) is 140 Å². The Bertz CT molecular complexity index is 1750. The second-order valence-corrected chi connectivity index (χ2v) is 18.0. The van der Waals surface area contributed by atoms with Crippen molar-refractivity contribution in [2.45, 2.75) is 148 Å². The molecule has 1 aliphatic heterocycles. The first-order valence-electron chi connectivity index (χ1n) is 21.8. The highest BCUT2D eigenvalue weighted by Crippen LogP contribution is 2.63. The summed E-state index contributed by atoms with van der Waals surface area (Å²) in [5, 5.41) is 62.1. The van der Waals surface area contributed by atoms with Crippen LogP contribution in [0.5, 0.6) is 0 Å². The fraction of sp³-hybridized carbons (Fsp3) is 0.625. The first kappa shape index (κ1) is 45.9. The molecular formula is C48H71N3O7. The average molecular weight is 802 g/mol. The van der Waals surface area contributed by atoms with Gasteiger partial charge in [-0.2, -0.15) is 0 Å². The third kappa shape index (κ3) is 10.0. The summed E-state index contributed by atoms with van der Waals surface area (Å²) in [6.07, 6.45) is 15.0. The molecule has 1 aromatic rings. The van der Waals surface area contributed by atoms with E-state index in [1.807, 2.05) is 43.4 Å². The van der Waals surface area contributed by atoms with Crippen LogP contribution in [0.15, 0.2) is 76.9 Å². The SMILES string of the molecule is C=C(C=CC=C(CO)[C@H]1CC[C@@]2([C@H](CCCO)C(=C(C(=O)Cc3cccc4c3[C@@H](NC[C@H](C)O)C(=O)N[C@H]4N)C3CCCCC3)CC[C@@]2(C)O)[C@@H]1O)CCC=C(C)C. The quantitative estimate of drug-likeness (QED) is 0.0513. The summed E-state index contributed by atoms with van der Waals surface area (Å²) in [4.78, 5) is 28.5. The van der Waals surface area contributed by atoms with Crippen molar-refractivity contribution < 1.29 is 35.1 Å². The van der Waals surface area contributed by atoms with Gasteiger partial charge in [0.15, 0.2) is 5.78 Å². The van der Waals surface area contributed by atoms with Crippen molar-refractivity contribution in [1.29, 1.82) is 0 Å². The zero-order chi connectivity index (χ0) is 42.2. The van der Waals surface area contributed by atoms with Gasteiger partial charge in [-0.25, -0.2) is 0 Å². The van der Waals surface area contributed by atoms with Crippen LogP contribution in [0, 0.1) is 23.2 Å². The summed E-state index contributed by atoms with van der Waals surface area (Å²) in [6, 6.07) is 4.83. The summed E-state index contributed by atoms with van der Waals surface area (Å²) in [5.41, 5.74) is 11.0. The molecule has 58 heavy (non-hydrogen) atoms. The number of carbonyl (C=O) groups is 2. The molecule has 1 amide bonds. The van der Waals surface area contributed by atoms with Crippen LogP contribution in [0.4, 0.5) is 0 Å². The van der Waals surface area contributed by atoms with Gasteiger partial charge in [0, 0.05) is 30.9 Å². The van der Waals surface area contributed by atoms with Crippen LogP contribution in [0.3, 0.4) is 0 Å². The number of amides is 1. The number of hydrogen-bond acceptors (Lipinski definition) is 9. The lowest BCUT2D eigenvalue weighted by molar-refractivity contribution is -0.168. The van der Waals surface area contributed by atoms with Crippen molar-refractivity contribution >= 4 is 11.7 Å².